The smallest absolute Gasteiger partial charge is 0.339 e. The van der Waals surface area contributed by atoms with Crippen molar-refractivity contribution < 1.29 is 14.6 Å². The first-order valence-electron chi connectivity index (χ1n) is 6.54. The number of nitrogens with zero attached hydrogens (tertiary/aromatic N) is 3. The molecule has 2 aromatic rings. The second kappa shape index (κ2) is 6.93. The van der Waals surface area contributed by atoms with Gasteiger partial charge in [-0.15, -0.1) is 5.11 Å². The van der Waals surface area contributed by atoms with Gasteiger partial charge >= 0.3 is 5.97 Å². The third-order valence-electron chi connectivity index (χ3n) is 3.15. The van der Waals surface area contributed by atoms with Crippen LogP contribution in [0.5, 0.6) is 5.88 Å². The predicted octanol–water partition coefficient (Wildman–Crippen LogP) is 3.12. The number of methoxy groups -OCH3 is 1. The van der Waals surface area contributed by atoms with Gasteiger partial charge in [0.25, 0.3) is 5.56 Å². The molecule has 0 radical (unpaired) electrons. The zero-order valence-corrected chi connectivity index (χ0v) is 13.4. The second-order valence-electron chi connectivity index (χ2n) is 4.62. The summed E-state index contributed by atoms with van der Waals surface area (Å²) in [6.07, 6.45) is 0. The highest BCUT2D eigenvalue weighted by Crippen LogP contribution is 2.27. The lowest BCUT2D eigenvalue weighted by Gasteiger charge is -2.04. The average Bonchev–Trinajstić information content (AvgIpc) is 2.55. The number of hydrogen-bond acceptors (Lipinski definition) is 7. The molecule has 0 aliphatic heterocycles. The fourth-order valence-corrected chi connectivity index (χ4v) is 2.10. The van der Waals surface area contributed by atoms with Crippen LogP contribution in [0.15, 0.2) is 33.2 Å². The second-order valence-corrected chi connectivity index (χ2v) is 5.03. The van der Waals surface area contributed by atoms with Crippen molar-refractivity contribution in [3.05, 3.63) is 50.3 Å². The highest BCUT2D eigenvalue weighted by Gasteiger charge is 2.14. The van der Waals surface area contributed by atoms with Crippen molar-refractivity contribution >= 4 is 28.9 Å². The van der Waals surface area contributed by atoms with Crippen LogP contribution in [0.2, 0.25) is 5.02 Å². The van der Waals surface area contributed by atoms with Gasteiger partial charge in [-0.25, -0.2) is 4.79 Å². The first-order valence-corrected chi connectivity index (χ1v) is 6.92. The fourth-order valence-electron chi connectivity index (χ4n) is 1.90. The van der Waals surface area contributed by atoms with Gasteiger partial charge in [0.15, 0.2) is 5.69 Å². The molecule has 0 aliphatic carbocycles. The van der Waals surface area contributed by atoms with E-state index in [9.17, 15) is 14.7 Å². The number of carbonyl (C=O) groups is 1. The maximum absolute atomic E-state index is 11.9. The standard InChI is InChI=1S/C15H11ClN4O4/c1-7-10(6-17)13(21)18-14(22)12(7)20-19-8-3-4-11(16)9(5-8)15(23)24-2/h3-5H,1-2H3,(H2,18,21,22). The predicted molar refractivity (Wildman–Crippen MR) is 85.1 cm³/mol. The van der Waals surface area contributed by atoms with Crippen molar-refractivity contribution in [3.63, 3.8) is 0 Å². The van der Waals surface area contributed by atoms with Gasteiger partial charge in [-0.2, -0.15) is 10.4 Å². The zero-order chi connectivity index (χ0) is 17.9. The number of nitrogens with one attached hydrogen (secondary N) is 1. The normalized spacial score (nSPS) is 10.6. The van der Waals surface area contributed by atoms with Crippen molar-refractivity contribution in [1.29, 1.82) is 5.26 Å². The van der Waals surface area contributed by atoms with E-state index in [0.717, 1.165) is 0 Å². The first-order chi connectivity index (χ1) is 11.4. The van der Waals surface area contributed by atoms with Gasteiger partial charge in [0, 0.05) is 5.56 Å². The summed E-state index contributed by atoms with van der Waals surface area (Å²) in [6.45, 7) is 1.46. The lowest BCUT2D eigenvalue weighted by atomic mass is 10.1. The number of rotatable bonds is 3. The van der Waals surface area contributed by atoms with Gasteiger partial charge in [-0.05, 0) is 25.1 Å². The number of hydrogen-bond donors (Lipinski definition) is 2. The molecule has 0 fully saturated rings. The molecule has 0 spiro atoms. The van der Waals surface area contributed by atoms with Gasteiger partial charge in [0.2, 0.25) is 5.88 Å². The lowest BCUT2D eigenvalue weighted by Crippen LogP contribution is -2.08. The number of carbonyl (C=O) groups excluding carboxylic acids is 1. The summed E-state index contributed by atoms with van der Waals surface area (Å²) < 4.78 is 4.60. The van der Waals surface area contributed by atoms with E-state index in [2.05, 4.69) is 19.9 Å². The van der Waals surface area contributed by atoms with Crippen LogP contribution in [0.25, 0.3) is 0 Å². The molecule has 24 heavy (non-hydrogen) atoms. The van der Waals surface area contributed by atoms with Crippen LogP contribution in [0.4, 0.5) is 11.4 Å². The maximum Gasteiger partial charge on any atom is 0.339 e. The van der Waals surface area contributed by atoms with Crippen LogP contribution in [-0.4, -0.2) is 23.2 Å². The number of aromatic amines is 1. The van der Waals surface area contributed by atoms with Crippen LogP contribution in [0.3, 0.4) is 0 Å². The Bertz CT molecular complexity index is 944. The molecule has 8 nitrogen and oxygen atoms in total. The number of esters is 1. The molecule has 9 heteroatoms. The average molecular weight is 347 g/mol. The van der Waals surface area contributed by atoms with Crippen molar-refractivity contribution in [1.82, 2.24) is 4.98 Å². The van der Waals surface area contributed by atoms with Crippen LogP contribution in [0.1, 0.15) is 21.5 Å². The molecule has 1 aromatic heterocycles. The summed E-state index contributed by atoms with van der Waals surface area (Å²) in [5, 5.41) is 26.4. The third kappa shape index (κ3) is 3.26. The first kappa shape index (κ1) is 17.2. The van der Waals surface area contributed by atoms with Crippen molar-refractivity contribution in [2.24, 2.45) is 10.2 Å². The lowest BCUT2D eigenvalue weighted by molar-refractivity contribution is 0.0601. The number of benzene rings is 1. The molecule has 0 amide bonds. The quantitative estimate of drug-likeness (QED) is 0.651. The molecule has 0 bridgehead atoms. The van der Waals surface area contributed by atoms with E-state index in [1.807, 2.05) is 0 Å². The van der Waals surface area contributed by atoms with Crippen molar-refractivity contribution in [2.75, 3.05) is 7.11 Å². The van der Waals surface area contributed by atoms with Crippen LogP contribution in [0, 0.1) is 18.3 Å². The molecular formula is C15H11ClN4O4. The van der Waals surface area contributed by atoms with E-state index in [4.69, 9.17) is 16.9 Å². The number of nitriles is 1. The van der Waals surface area contributed by atoms with E-state index in [-0.39, 0.29) is 33.1 Å². The Morgan fingerprint density at radius 2 is 2.12 bits per heavy atom. The Hall–Kier alpha value is -3.18. The van der Waals surface area contributed by atoms with E-state index < -0.39 is 17.4 Å². The molecule has 0 aliphatic rings. The van der Waals surface area contributed by atoms with Gasteiger partial charge < -0.3 is 9.84 Å². The van der Waals surface area contributed by atoms with Gasteiger partial charge in [-0.3, -0.25) is 9.78 Å². The molecule has 0 unspecified atom stereocenters. The fraction of sp³-hybridized carbons (Fsp3) is 0.133. The number of aromatic hydroxyl groups is 1. The summed E-state index contributed by atoms with van der Waals surface area (Å²) in [4.78, 5) is 25.6. The Labute approximate surface area is 141 Å². The van der Waals surface area contributed by atoms with E-state index in [0.29, 0.717) is 0 Å². The largest absolute Gasteiger partial charge is 0.494 e. The van der Waals surface area contributed by atoms with Gasteiger partial charge in [0.1, 0.15) is 11.6 Å². The monoisotopic (exact) mass is 346 g/mol. The minimum atomic E-state index is -0.699. The highest BCUT2D eigenvalue weighted by atomic mass is 35.5. The summed E-state index contributed by atoms with van der Waals surface area (Å²) in [5.74, 6) is -1.17. The topological polar surface area (TPSA) is 128 Å². The number of pyridine rings is 1. The Kier molecular flexibility index (Phi) is 4.96. The molecule has 1 aromatic carbocycles. The van der Waals surface area contributed by atoms with Crippen LogP contribution in [-0.2, 0) is 4.74 Å². The molecule has 0 atom stereocenters. The Morgan fingerprint density at radius 3 is 2.75 bits per heavy atom. The minimum absolute atomic E-state index is 0.102. The van der Waals surface area contributed by atoms with Crippen LogP contribution >= 0.6 is 11.6 Å². The number of H-pyrrole nitrogens is 1. The molecule has 2 rings (SSSR count). The summed E-state index contributed by atoms with van der Waals surface area (Å²) in [6, 6.07) is 6.06. The number of halogens is 1. The van der Waals surface area contributed by atoms with E-state index >= 15 is 0 Å². The van der Waals surface area contributed by atoms with Crippen molar-refractivity contribution in [2.45, 2.75) is 6.92 Å². The summed E-state index contributed by atoms with van der Waals surface area (Å²) >= 11 is 5.90. The van der Waals surface area contributed by atoms with E-state index in [1.165, 1.54) is 32.2 Å². The SMILES string of the molecule is COC(=O)c1cc(N=Nc2c(C)c(C#N)c(O)[nH]c2=O)ccc1Cl. The molecule has 122 valence electrons. The van der Waals surface area contributed by atoms with Gasteiger partial charge in [-0.1, -0.05) is 11.6 Å². The summed E-state index contributed by atoms with van der Waals surface area (Å²) in [7, 11) is 1.22. The van der Waals surface area contributed by atoms with Gasteiger partial charge in [0.05, 0.1) is 23.4 Å². The molecule has 1 heterocycles. The highest BCUT2D eigenvalue weighted by molar-refractivity contribution is 6.33. The number of azo groups is 1. The van der Waals surface area contributed by atoms with Crippen molar-refractivity contribution in [3.8, 4) is 11.9 Å². The zero-order valence-electron chi connectivity index (χ0n) is 12.6. The number of aromatic nitrogens is 1. The number of ether oxygens (including phenoxy) is 1. The molecule has 0 saturated heterocycles. The maximum atomic E-state index is 11.9. The van der Waals surface area contributed by atoms with Crippen LogP contribution < -0.4 is 5.56 Å². The summed E-state index contributed by atoms with van der Waals surface area (Å²) in [5.41, 5.74) is -0.386. The molecule has 0 saturated carbocycles. The molecular weight excluding hydrogens is 336 g/mol. The Balaban J connectivity index is 2.48. The Morgan fingerprint density at radius 1 is 1.42 bits per heavy atom. The molecule has 2 N–H and O–H groups in total. The third-order valence-corrected chi connectivity index (χ3v) is 3.48. The van der Waals surface area contributed by atoms with E-state index in [1.54, 1.807) is 6.07 Å². The minimum Gasteiger partial charge on any atom is -0.494 e.